The van der Waals surface area contributed by atoms with E-state index >= 15 is 0 Å². The lowest BCUT2D eigenvalue weighted by Crippen LogP contribution is -2.39. The summed E-state index contributed by atoms with van der Waals surface area (Å²) >= 11 is 0. The number of carbonyl (C=O) groups is 2. The highest BCUT2D eigenvalue weighted by Crippen LogP contribution is 2.29. The van der Waals surface area contributed by atoms with E-state index in [1.54, 1.807) is 20.8 Å². The predicted molar refractivity (Wildman–Crippen MR) is 95.6 cm³/mol. The molecule has 0 bridgehead atoms. The molecule has 0 saturated carbocycles. The van der Waals surface area contributed by atoms with E-state index in [0.717, 1.165) is 0 Å². The molecule has 27 heavy (non-hydrogen) atoms. The first kappa shape index (κ1) is 22.5. The number of methoxy groups -OCH3 is 2. The first-order valence-corrected chi connectivity index (χ1v) is 8.27. The van der Waals surface area contributed by atoms with Crippen LogP contribution >= 0.6 is 0 Å². The number of benzene rings is 1. The third-order valence-electron chi connectivity index (χ3n) is 3.15. The molecule has 9 nitrogen and oxygen atoms in total. The summed E-state index contributed by atoms with van der Waals surface area (Å²) in [7, 11) is 2.92. The first-order chi connectivity index (χ1) is 12.7. The predicted octanol–water partition coefficient (Wildman–Crippen LogP) is 2.13. The maximum Gasteiger partial charge on any atom is 0.408 e. The van der Waals surface area contributed by atoms with Gasteiger partial charge in [0.2, 0.25) is 0 Å². The molecule has 1 aromatic carbocycles. The number of hydrogen-bond acceptors (Lipinski definition) is 8. The number of nitrogens with one attached hydrogen (secondary N) is 1. The Balaban J connectivity index is 2.90. The van der Waals surface area contributed by atoms with Crippen molar-refractivity contribution in [3.8, 4) is 11.5 Å². The molecule has 2 N–H and O–H groups in total. The Morgan fingerprint density at radius 3 is 2.44 bits per heavy atom. The zero-order valence-corrected chi connectivity index (χ0v) is 16.2. The van der Waals surface area contributed by atoms with Crippen molar-refractivity contribution >= 4 is 12.1 Å². The molecule has 0 spiro atoms. The van der Waals surface area contributed by atoms with Crippen molar-refractivity contribution in [2.24, 2.45) is 0 Å². The second kappa shape index (κ2) is 10.6. The van der Waals surface area contributed by atoms with Crippen LogP contribution in [0, 0.1) is 0 Å². The highest BCUT2D eigenvalue weighted by molar-refractivity contribution is 5.83. The molecule has 0 unspecified atom stereocenters. The lowest BCUT2D eigenvalue weighted by molar-refractivity contribution is -0.159. The molecule has 0 saturated heterocycles. The summed E-state index contributed by atoms with van der Waals surface area (Å²) in [4.78, 5) is 24.5. The summed E-state index contributed by atoms with van der Waals surface area (Å²) in [5.74, 6) is -0.732. The van der Waals surface area contributed by atoms with E-state index in [1.807, 2.05) is 0 Å². The average molecular weight is 385 g/mol. The molecular formula is C18H27NO8. The van der Waals surface area contributed by atoms with Crippen molar-refractivity contribution in [1.29, 1.82) is 0 Å². The van der Waals surface area contributed by atoms with Gasteiger partial charge in [-0.15, -0.1) is 0 Å². The number of rotatable bonds is 9. The Kier molecular flexibility index (Phi) is 8.83. The molecule has 0 aliphatic rings. The number of hydrogen-bond donors (Lipinski definition) is 2. The van der Waals surface area contributed by atoms with Gasteiger partial charge in [-0.05, 0) is 38.5 Å². The fraction of sp³-hybridized carbons (Fsp3) is 0.556. The average Bonchev–Trinajstić information content (AvgIpc) is 2.57. The van der Waals surface area contributed by atoms with Gasteiger partial charge in [-0.3, -0.25) is 0 Å². The molecule has 0 radical (unpaired) electrons. The SMILES string of the molecule is COCCOCOC(=O)[C@H](NC(=O)OC(C)(C)C)c1ccc(OC)c(O)c1. The summed E-state index contributed by atoms with van der Waals surface area (Å²) in [6.45, 7) is 5.38. The molecule has 0 aliphatic heterocycles. The van der Waals surface area contributed by atoms with E-state index in [9.17, 15) is 14.7 Å². The molecule has 0 fully saturated rings. The second-order valence-corrected chi connectivity index (χ2v) is 6.49. The van der Waals surface area contributed by atoms with E-state index in [-0.39, 0.29) is 24.9 Å². The minimum atomic E-state index is -1.21. The number of ether oxygens (including phenoxy) is 5. The Hall–Kier alpha value is -2.52. The fourth-order valence-electron chi connectivity index (χ4n) is 1.97. The van der Waals surface area contributed by atoms with E-state index in [2.05, 4.69) is 5.32 Å². The Morgan fingerprint density at radius 1 is 1.19 bits per heavy atom. The van der Waals surface area contributed by atoms with Gasteiger partial charge in [0.15, 0.2) is 24.3 Å². The number of amides is 1. The summed E-state index contributed by atoms with van der Waals surface area (Å²) in [6, 6.07) is 3.08. The Labute approximate surface area is 158 Å². The van der Waals surface area contributed by atoms with Crippen molar-refractivity contribution < 1.29 is 38.4 Å². The largest absolute Gasteiger partial charge is 0.504 e. The standard InChI is InChI=1S/C18H27NO8/c1-18(2,3)27-17(22)19-15(16(21)26-11-25-9-8-23-4)12-6-7-14(24-5)13(20)10-12/h6-7,10,15,20H,8-9,11H2,1-5H3,(H,19,22)/t15-/m1/s1. The van der Waals surface area contributed by atoms with Crippen molar-refractivity contribution in [1.82, 2.24) is 5.32 Å². The lowest BCUT2D eigenvalue weighted by atomic mass is 10.1. The van der Waals surface area contributed by atoms with E-state index in [0.29, 0.717) is 12.2 Å². The quantitative estimate of drug-likeness (QED) is 0.378. The first-order valence-electron chi connectivity index (χ1n) is 8.27. The third kappa shape index (κ3) is 8.14. The molecular weight excluding hydrogens is 358 g/mol. The summed E-state index contributed by atoms with van der Waals surface area (Å²) in [6.07, 6.45) is -0.806. The molecule has 0 aromatic heterocycles. The van der Waals surface area contributed by atoms with Gasteiger partial charge in [0.25, 0.3) is 0 Å². The molecule has 152 valence electrons. The zero-order valence-electron chi connectivity index (χ0n) is 16.2. The minimum absolute atomic E-state index is 0.185. The molecule has 1 rings (SSSR count). The van der Waals surface area contributed by atoms with E-state index < -0.39 is 23.7 Å². The number of phenolic OH excluding ortho intramolecular Hbond substituents is 1. The number of alkyl carbamates (subject to hydrolysis) is 1. The monoisotopic (exact) mass is 385 g/mol. The number of esters is 1. The lowest BCUT2D eigenvalue weighted by Gasteiger charge is -2.23. The van der Waals surface area contributed by atoms with Crippen molar-refractivity contribution in [2.75, 3.05) is 34.2 Å². The molecule has 0 heterocycles. The van der Waals surface area contributed by atoms with Crippen LogP contribution < -0.4 is 10.1 Å². The van der Waals surface area contributed by atoms with Gasteiger partial charge in [0, 0.05) is 7.11 Å². The smallest absolute Gasteiger partial charge is 0.408 e. The van der Waals surface area contributed by atoms with Crippen LogP contribution in [0.2, 0.25) is 0 Å². The van der Waals surface area contributed by atoms with Gasteiger partial charge in [-0.1, -0.05) is 6.07 Å². The van der Waals surface area contributed by atoms with Crippen LogP contribution in [0.1, 0.15) is 32.4 Å². The van der Waals surface area contributed by atoms with Gasteiger partial charge in [0.05, 0.1) is 20.3 Å². The molecule has 1 atom stereocenters. The van der Waals surface area contributed by atoms with Crippen molar-refractivity contribution in [2.45, 2.75) is 32.4 Å². The third-order valence-corrected chi connectivity index (χ3v) is 3.15. The van der Waals surface area contributed by atoms with Crippen LogP contribution in [-0.4, -0.2) is 57.0 Å². The van der Waals surface area contributed by atoms with Gasteiger partial charge in [-0.2, -0.15) is 0 Å². The molecule has 1 amide bonds. The van der Waals surface area contributed by atoms with Gasteiger partial charge >= 0.3 is 12.1 Å². The second-order valence-electron chi connectivity index (χ2n) is 6.49. The Morgan fingerprint density at radius 2 is 1.89 bits per heavy atom. The fourth-order valence-corrected chi connectivity index (χ4v) is 1.97. The van der Waals surface area contributed by atoms with Gasteiger partial charge < -0.3 is 34.1 Å². The van der Waals surface area contributed by atoms with Gasteiger partial charge in [-0.25, -0.2) is 9.59 Å². The van der Waals surface area contributed by atoms with Crippen LogP contribution in [0.15, 0.2) is 18.2 Å². The van der Waals surface area contributed by atoms with Crippen molar-refractivity contribution in [3.63, 3.8) is 0 Å². The topological polar surface area (TPSA) is 113 Å². The minimum Gasteiger partial charge on any atom is -0.504 e. The zero-order chi connectivity index (χ0) is 20.4. The summed E-state index contributed by atoms with van der Waals surface area (Å²) in [5, 5.41) is 12.4. The van der Waals surface area contributed by atoms with Crippen LogP contribution in [0.5, 0.6) is 11.5 Å². The van der Waals surface area contributed by atoms with Crippen LogP contribution in [-0.2, 0) is 23.7 Å². The summed E-state index contributed by atoms with van der Waals surface area (Å²) < 4.78 is 25.1. The Bertz CT molecular complexity index is 626. The van der Waals surface area contributed by atoms with Crippen LogP contribution in [0.3, 0.4) is 0 Å². The number of phenols is 1. The van der Waals surface area contributed by atoms with Gasteiger partial charge in [0.1, 0.15) is 5.60 Å². The van der Waals surface area contributed by atoms with Crippen molar-refractivity contribution in [3.05, 3.63) is 23.8 Å². The van der Waals surface area contributed by atoms with Crippen LogP contribution in [0.25, 0.3) is 0 Å². The molecule has 9 heteroatoms. The normalized spacial score (nSPS) is 12.2. The van der Waals surface area contributed by atoms with E-state index in [4.69, 9.17) is 23.7 Å². The van der Waals surface area contributed by atoms with Crippen LogP contribution in [0.4, 0.5) is 4.79 Å². The molecule has 0 aliphatic carbocycles. The summed E-state index contributed by atoms with van der Waals surface area (Å²) in [5.41, 5.74) is -0.454. The highest BCUT2D eigenvalue weighted by Gasteiger charge is 2.28. The molecule has 1 aromatic rings. The van der Waals surface area contributed by atoms with E-state index in [1.165, 1.54) is 32.4 Å². The maximum atomic E-state index is 12.4. The number of carbonyl (C=O) groups excluding carboxylic acids is 2. The highest BCUT2D eigenvalue weighted by atomic mass is 16.7. The maximum absolute atomic E-state index is 12.4. The number of aromatic hydroxyl groups is 1.